The molecule has 2 aromatic carbocycles. The fourth-order valence-electron chi connectivity index (χ4n) is 4.86. The summed E-state index contributed by atoms with van der Waals surface area (Å²) in [6.07, 6.45) is 0.381. The summed E-state index contributed by atoms with van der Waals surface area (Å²) in [6.45, 7) is 2.33. The van der Waals surface area contributed by atoms with E-state index < -0.39 is 24.2 Å². The summed E-state index contributed by atoms with van der Waals surface area (Å²) >= 11 is 0. The topological polar surface area (TPSA) is 71.6 Å². The Balaban J connectivity index is 1.75. The van der Waals surface area contributed by atoms with Crippen molar-refractivity contribution in [3.05, 3.63) is 54.1 Å². The van der Waals surface area contributed by atoms with Crippen molar-refractivity contribution in [2.75, 3.05) is 26.1 Å². The summed E-state index contributed by atoms with van der Waals surface area (Å²) in [5.74, 6) is 0.696. The zero-order chi connectivity index (χ0) is 26.8. The molecule has 0 radical (unpaired) electrons. The first-order valence-corrected chi connectivity index (χ1v) is 12.9. The third kappa shape index (κ3) is 8.02. The van der Waals surface area contributed by atoms with Crippen LogP contribution >= 0.6 is 0 Å². The number of alkyl halides is 3. The molecule has 0 saturated heterocycles. The van der Waals surface area contributed by atoms with Crippen molar-refractivity contribution in [1.82, 2.24) is 10.6 Å². The van der Waals surface area contributed by atoms with Crippen LogP contribution in [-0.2, 0) is 4.79 Å². The van der Waals surface area contributed by atoms with Gasteiger partial charge in [-0.25, -0.2) is 0 Å². The predicted molar refractivity (Wildman–Crippen MR) is 139 cm³/mol. The molecule has 0 spiro atoms. The smallest absolute Gasteiger partial charge is 0.407 e. The molecule has 37 heavy (non-hydrogen) atoms. The van der Waals surface area contributed by atoms with Gasteiger partial charge in [-0.2, -0.15) is 13.2 Å². The molecule has 0 aliphatic heterocycles. The summed E-state index contributed by atoms with van der Waals surface area (Å²) in [5.41, 5.74) is 0.836. The molecule has 3 rings (SSSR count). The van der Waals surface area contributed by atoms with Gasteiger partial charge in [-0.05, 0) is 42.9 Å². The van der Waals surface area contributed by atoms with Crippen LogP contribution in [-0.4, -0.2) is 44.9 Å². The summed E-state index contributed by atoms with van der Waals surface area (Å²) in [4.78, 5) is 13.5. The Morgan fingerprint density at radius 1 is 1.03 bits per heavy atom. The number of hydrogen-bond donors (Lipinski definition) is 3. The fourth-order valence-corrected chi connectivity index (χ4v) is 4.86. The second-order valence-electron chi connectivity index (χ2n) is 9.49. The van der Waals surface area contributed by atoms with E-state index in [1.54, 1.807) is 44.6 Å². The van der Waals surface area contributed by atoms with Gasteiger partial charge in [0.05, 0.1) is 25.9 Å². The number of ether oxygens (including phenoxy) is 2. The van der Waals surface area contributed by atoms with Gasteiger partial charge < -0.3 is 20.1 Å². The summed E-state index contributed by atoms with van der Waals surface area (Å²) < 4.78 is 53.1. The first-order chi connectivity index (χ1) is 17.8. The lowest BCUT2D eigenvalue weighted by atomic mass is 9.82. The number of carbonyl (C=O) groups is 1. The number of nitrogens with one attached hydrogen (secondary N) is 3. The second-order valence-corrected chi connectivity index (χ2v) is 9.49. The molecule has 3 atom stereocenters. The monoisotopic (exact) mass is 521 g/mol. The SMILES string of the molecule is CC[C@@H](CNc1ccc(OC)cc1OC)NC(=O)[C@@H](N[C@@H](c1ccccc1)C(F)(F)F)C1CCCCC1. The van der Waals surface area contributed by atoms with Crippen LogP contribution in [0.4, 0.5) is 18.9 Å². The van der Waals surface area contributed by atoms with Crippen molar-refractivity contribution in [3.8, 4) is 11.5 Å². The van der Waals surface area contributed by atoms with E-state index in [4.69, 9.17) is 9.47 Å². The van der Waals surface area contributed by atoms with E-state index in [9.17, 15) is 18.0 Å². The van der Waals surface area contributed by atoms with Crippen molar-refractivity contribution >= 4 is 11.6 Å². The lowest BCUT2D eigenvalue weighted by Gasteiger charge is -2.35. The van der Waals surface area contributed by atoms with Gasteiger partial charge in [0.25, 0.3) is 0 Å². The van der Waals surface area contributed by atoms with Crippen LogP contribution in [0.3, 0.4) is 0 Å². The number of benzene rings is 2. The van der Waals surface area contributed by atoms with Gasteiger partial charge in [0.1, 0.15) is 17.5 Å². The van der Waals surface area contributed by atoms with Gasteiger partial charge in [0, 0.05) is 18.7 Å². The molecule has 2 aromatic rings. The fraction of sp³-hybridized carbons (Fsp3) is 0.536. The minimum Gasteiger partial charge on any atom is -0.497 e. The normalized spacial score (nSPS) is 16.9. The third-order valence-corrected chi connectivity index (χ3v) is 7.00. The van der Waals surface area contributed by atoms with Crippen LogP contribution < -0.4 is 25.4 Å². The molecule has 1 saturated carbocycles. The molecule has 6 nitrogen and oxygen atoms in total. The Hall–Kier alpha value is -2.94. The Labute approximate surface area is 217 Å². The van der Waals surface area contributed by atoms with Gasteiger partial charge in [0.15, 0.2) is 0 Å². The van der Waals surface area contributed by atoms with Crippen molar-refractivity contribution in [1.29, 1.82) is 0 Å². The molecule has 1 aliphatic carbocycles. The van der Waals surface area contributed by atoms with E-state index >= 15 is 0 Å². The van der Waals surface area contributed by atoms with Crippen molar-refractivity contribution < 1.29 is 27.4 Å². The zero-order valence-corrected chi connectivity index (χ0v) is 21.7. The van der Waals surface area contributed by atoms with Crippen LogP contribution in [0.25, 0.3) is 0 Å². The van der Waals surface area contributed by atoms with E-state index in [2.05, 4.69) is 16.0 Å². The van der Waals surface area contributed by atoms with Crippen LogP contribution in [0.2, 0.25) is 0 Å². The average molecular weight is 522 g/mol. The zero-order valence-electron chi connectivity index (χ0n) is 21.7. The molecule has 1 fully saturated rings. The highest BCUT2D eigenvalue weighted by Gasteiger charge is 2.44. The molecule has 0 aromatic heterocycles. The highest BCUT2D eigenvalue weighted by Crippen LogP contribution is 2.35. The van der Waals surface area contributed by atoms with E-state index in [0.717, 1.165) is 37.8 Å². The minimum absolute atomic E-state index is 0.101. The van der Waals surface area contributed by atoms with Crippen LogP contribution in [0, 0.1) is 5.92 Å². The Bertz CT molecular complexity index is 982. The number of halogens is 3. The molecule has 204 valence electrons. The maximum Gasteiger partial charge on any atom is 0.407 e. The lowest BCUT2D eigenvalue weighted by molar-refractivity contribution is -0.162. The predicted octanol–water partition coefficient (Wildman–Crippen LogP) is 5.85. The number of methoxy groups -OCH3 is 2. The summed E-state index contributed by atoms with van der Waals surface area (Å²) in [6, 6.07) is 9.96. The summed E-state index contributed by atoms with van der Waals surface area (Å²) in [7, 11) is 3.13. The quantitative estimate of drug-likeness (QED) is 0.327. The van der Waals surface area contributed by atoms with Crippen molar-refractivity contribution in [3.63, 3.8) is 0 Å². The minimum atomic E-state index is -4.54. The number of carbonyl (C=O) groups excluding carboxylic acids is 1. The standard InChI is InChI=1S/C28H38F3N3O3/c1-4-21(18-32-23-16-15-22(36-2)17-24(23)37-3)33-27(35)25(19-11-7-5-8-12-19)34-26(28(29,30)31)20-13-9-6-10-14-20/h6,9-10,13-17,19,21,25-26,32,34H,4-5,7-8,11-12,18H2,1-3H3,(H,33,35)/t21-,25-,26-/m0/s1. The number of hydrogen-bond acceptors (Lipinski definition) is 5. The number of amides is 1. The van der Waals surface area contributed by atoms with Gasteiger partial charge in [-0.1, -0.05) is 56.5 Å². The molecule has 3 N–H and O–H groups in total. The van der Waals surface area contributed by atoms with Crippen molar-refractivity contribution in [2.24, 2.45) is 5.92 Å². The molecule has 0 bridgehead atoms. The highest BCUT2D eigenvalue weighted by molar-refractivity contribution is 5.82. The Morgan fingerprint density at radius 3 is 2.32 bits per heavy atom. The first kappa shape index (κ1) is 28.6. The molecular weight excluding hydrogens is 483 g/mol. The van der Waals surface area contributed by atoms with Gasteiger partial charge in [0.2, 0.25) is 5.91 Å². The molecule has 0 unspecified atom stereocenters. The summed E-state index contributed by atoms with van der Waals surface area (Å²) in [5, 5.41) is 9.01. The first-order valence-electron chi connectivity index (χ1n) is 12.9. The van der Waals surface area contributed by atoms with Crippen LogP contribution in [0.15, 0.2) is 48.5 Å². The van der Waals surface area contributed by atoms with Gasteiger partial charge >= 0.3 is 6.18 Å². The molecule has 1 amide bonds. The number of anilines is 1. The van der Waals surface area contributed by atoms with Crippen LogP contribution in [0.5, 0.6) is 11.5 Å². The lowest BCUT2D eigenvalue weighted by Crippen LogP contribution is -2.55. The van der Waals surface area contributed by atoms with Crippen molar-refractivity contribution in [2.45, 2.75) is 69.8 Å². The largest absolute Gasteiger partial charge is 0.497 e. The molecular formula is C28H38F3N3O3. The van der Waals surface area contributed by atoms with E-state index in [-0.39, 0.29) is 17.5 Å². The number of rotatable bonds is 12. The highest BCUT2D eigenvalue weighted by atomic mass is 19.4. The second kappa shape index (κ2) is 13.6. The average Bonchev–Trinajstić information content (AvgIpc) is 2.91. The van der Waals surface area contributed by atoms with E-state index in [1.165, 1.54) is 12.1 Å². The van der Waals surface area contributed by atoms with Gasteiger partial charge in [-0.3, -0.25) is 10.1 Å². The molecule has 1 aliphatic rings. The van der Waals surface area contributed by atoms with E-state index in [0.29, 0.717) is 24.5 Å². The maximum absolute atomic E-state index is 14.1. The molecule has 9 heteroatoms. The Morgan fingerprint density at radius 2 is 1.73 bits per heavy atom. The Kier molecular flexibility index (Phi) is 10.5. The third-order valence-electron chi connectivity index (χ3n) is 7.00. The van der Waals surface area contributed by atoms with Crippen LogP contribution in [0.1, 0.15) is 57.1 Å². The van der Waals surface area contributed by atoms with E-state index in [1.807, 2.05) is 13.0 Å². The maximum atomic E-state index is 14.1. The molecule has 0 heterocycles. The van der Waals surface area contributed by atoms with Gasteiger partial charge in [-0.15, -0.1) is 0 Å².